The summed E-state index contributed by atoms with van der Waals surface area (Å²) >= 11 is 0. The zero-order valence-electron chi connectivity index (χ0n) is 18.3. The maximum absolute atomic E-state index is 13.1. The van der Waals surface area contributed by atoms with Gasteiger partial charge in [-0.1, -0.05) is 6.07 Å². The molecule has 1 N–H and O–H groups in total. The SMILES string of the molecule is COCCN(C)C(=O)c1cn2c(NC(=O)CC34CC5CC5C5(CC5C3)C4)cccc2n1. The highest BCUT2D eigenvalue weighted by Crippen LogP contribution is 2.84. The summed E-state index contributed by atoms with van der Waals surface area (Å²) in [5.74, 6) is 3.35. The summed E-state index contributed by atoms with van der Waals surface area (Å²) in [5, 5.41) is 3.12. The Labute approximate surface area is 182 Å². The third-order valence-electron chi connectivity index (χ3n) is 8.51. The molecule has 7 nitrogen and oxygen atoms in total. The second-order valence-corrected chi connectivity index (χ2v) is 10.5. The van der Waals surface area contributed by atoms with Crippen LogP contribution in [0.15, 0.2) is 24.4 Å². The highest BCUT2D eigenvalue weighted by atomic mass is 16.5. The van der Waals surface area contributed by atoms with Crippen LogP contribution in [0.1, 0.15) is 49.0 Å². The van der Waals surface area contributed by atoms with Gasteiger partial charge in [0.05, 0.1) is 6.61 Å². The molecule has 0 saturated heterocycles. The number of nitrogens with zero attached hydrogens (tertiary/aromatic N) is 3. The van der Waals surface area contributed by atoms with E-state index in [2.05, 4.69) is 10.3 Å². The van der Waals surface area contributed by atoms with Crippen molar-refractivity contribution in [3.63, 3.8) is 0 Å². The van der Waals surface area contributed by atoms with Crippen molar-refractivity contribution in [3.05, 3.63) is 30.1 Å². The van der Waals surface area contributed by atoms with Crippen molar-refractivity contribution in [3.8, 4) is 0 Å². The summed E-state index contributed by atoms with van der Waals surface area (Å²) in [6, 6.07) is 5.59. The standard InChI is InChI=1S/C24H30N4O3/c1-27(6-7-31-2)22(30)18-13-28-19(25-18)4-3-5-20(28)26-21(29)12-23-9-15-8-17(15)24(14-23)11-16(24)10-23/h3-5,13,15-17H,6-12,14H2,1-2H3,(H,26,29). The van der Waals surface area contributed by atoms with E-state index in [0.717, 1.165) is 17.8 Å². The molecule has 4 saturated carbocycles. The van der Waals surface area contributed by atoms with Crippen molar-refractivity contribution in [2.24, 2.45) is 28.6 Å². The molecule has 0 radical (unpaired) electrons. The predicted octanol–water partition coefficient (Wildman–Crippen LogP) is 3.21. The Morgan fingerprint density at radius 1 is 1.32 bits per heavy atom. The lowest BCUT2D eigenvalue weighted by Crippen LogP contribution is -2.31. The molecule has 31 heavy (non-hydrogen) atoms. The van der Waals surface area contributed by atoms with Crippen molar-refractivity contribution < 1.29 is 14.3 Å². The third-order valence-corrected chi connectivity index (χ3v) is 8.51. The zero-order valence-corrected chi connectivity index (χ0v) is 18.3. The van der Waals surface area contributed by atoms with Gasteiger partial charge in [-0.2, -0.15) is 0 Å². The van der Waals surface area contributed by atoms with E-state index < -0.39 is 0 Å². The molecule has 1 spiro atoms. The van der Waals surface area contributed by atoms with Crippen molar-refractivity contribution in [2.45, 2.75) is 38.5 Å². The molecular formula is C24H30N4O3. The number of anilines is 1. The Kier molecular flexibility index (Phi) is 4.07. The topological polar surface area (TPSA) is 75.9 Å². The molecule has 2 heterocycles. The summed E-state index contributed by atoms with van der Waals surface area (Å²) < 4.78 is 6.86. The van der Waals surface area contributed by atoms with Gasteiger partial charge in [-0.25, -0.2) is 4.98 Å². The lowest BCUT2D eigenvalue weighted by molar-refractivity contribution is -0.119. The van der Waals surface area contributed by atoms with Crippen LogP contribution in [0.3, 0.4) is 0 Å². The monoisotopic (exact) mass is 422 g/mol. The fourth-order valence-electron chi connectivity index (χ4n) is 7.13. The summed E-state index contributed by atoms with van der Waals surface area (Å²) in [4.78, 5) is 31.8. The number of hydrogen-bond acceptors (Lipinski definition) is 4. The number of amides is 2. The van der Waals surface area contributed by atoms with Gasteiger partial charge in [0.1, 0.15) is 17.2 Å². The first-order chi connectivity index (χ1) is 14.9. The van der Waals surface area contributed by atoms with Crippen LogP contribution in [-0.4, -0.2) is 53.4 Å². The fourth-order valence-corrected chi connectivity index (χ4v) is 7.13. The Balaban J connectivity index is 1.18. The summed E-state index contributed by atoms with van der Waals surface area (Å²) in [6.07, 6.45) is 8.90. The number of imidazole rings is 1. The molecule has 5 atom stereocenters. The van der Waals surface area contributed by atoms with Crippen molar-refractivity contribution >= 4 is 23.3 Å². The van der Waals surface area contributed by atoms with E-state index in [9.17, 15) is 9.59 Å². The van der Waals surface area contributed by atoms with Gasteiger partial charge in [0.2, 0.25) is 5.91 Å². The number of carbonyl (C=O) groups is 2. The van der Waals surface area contributed by atoms with Crippen molar-refractivity contribution in [1.29, 1.82) is 0 Å². The maximum Gasteiger partial charge on any atom is 0.273 e. The number of methoxy groups -OCH3 is 1. The summed E-state index contributed by atoms with van der Waals surface area (Å²) in [7, 11) is 3.35. The number of fused-ring (bicyclic) bond motifs is 3. The number of aromatic nitrogens is 2. The van der Waals surface area contributed by atoms with Gasteiger partial charge in [-0.05, 0) is 72.8 Å². The highest BCUT2D eigenvalue weighted by molar-refractivity contribution is 5.94. The van der Waals surface area contributed by atoms with Crippen LogP contribution < -0.4 is 5.32 Å². The van der Waals surface area contributed by atoms with Gasteiger partial charge in [0.25, 0.3) is 5.91 Å². The van der Waals surface area contributed by atoms with E-state index >= 15 is 0 Å². The Morgan fingerprint density at radius 3 is 3.03 bits per heavy atom. The second-order valence-electron chi connectivity index (χ2n) is 10.5. The van der Waals surface area contributed by atoms with Crippen LogP contribution in [0.5, 0.6) is 0 Å². The molecule has 2 aromatic heterocycles. The molecule has 4 aliphatic carbocycles. The average Bonchev–Trinajstić information content (AvgIpc) is 3.56. The van der Waals surface area contributed by atoms with Crippen LogP contribution >= 0.6 is 0 Å². The van der Waals surface area contributed by atoms with Gasteiger partial charge < -0.3 is 15.0 Å². The average molecular weight is 423 g/mol. The van der Waals surface area contributed by atoms with Gasteiger partial charge in [-0.15, -0.1) is 0 Å². The van der Waals surface area contributed by atoms with Crippen LogP contribution in [0, 0.1) is 28.6 Å². The number of likely N-dealkylation sites (N-methyl/N-ethyl adjacent to an activating group) is 1. The quantitative estimate of drug-likeness (QED) is 0.743. The van der Waals surface area contributed by atoms with Gasteiger partial charge in [0, 0.05) is 33.3 Å². The van der Waals surface area contributed by atoms with E-state index in [4.69, 9.17) is 4.74 Å². The van der Waals surface area contributed by atoms with Gasteiger partial charge in [-0.3, -0.25) is 14.0 Å². The minimum Gasteiger partial charge on any atom is -0.383 e. The lowest BCUT2D eigenvalue weighted by atomic mass is 9.69. The number of pyridine rings is 1. The molecule has 0 aromatic carbocycles. The Hall–Kier alpha value is -2.41. The molecule has 4 fully saturated rings. The molecule has 0 aliphatic heterocycles. The van der Waals surface area contributed by atoms with Crippen LogP contribution in [0.4, 0.5) is 5.82 Å². The highest BCUT2D eigenvalue weighted by Gasteiger charge is 2.76. The largest absolute Gasteiger partial charge is 0.383 e. The maximum atomic E-state index is 13.1. The third kappa shape index (κ3) is 3.00. The van der Waals surface area contributed by atoms with E-state index in [1.807, 2.05) is 18.2 Å². The van der Waals surface area contributed by atoms with Crippen LogP contribution in [-0.2, 0) is 9.53 Å². The van der Waals surface area contributed by atoms with Gasteiger partial charge >= 0.3 is 0 Å². The molecule has 2 amide bonds. The predicted molar refractivity (Wildman–Crippen MR) is 116 cm³/mol. The smallest absolute Gasteiger partial charge is 0.273 e. The Morgan fingerprint density at radius 2 is 2.19 bits per heavy atom. The fraction of sp³-hybridized carbons (Fsp3) is 0.625. The van der Waals surface area contributed by atoms with Crippen molar-refractivity contribution in [2.75, 3.05) is 32.6 Å². The number of nitrogens with one attached hydrogen (secondary N) is 1. The van der Waals surface area contributed by atoms with Gasteiger partial charge in [0.15, 0.2) is 0 Å². The van der Waals surface area contributed by atoms with E-state index in [1.54, 1.807) is 29.7 Å². The summed E-state index contributed by atoms with van der Waals surface area (Å²) in [6.45, 7) is 0.974. The van der Waals surface area contributed by atoms with Crippen LogP contribution in [0.25, 0.3) is 5.65 Å². The second kappa shape index (κ2) is 6.55. The molecule has 2 bridgehead atoms. The zero-order chi connectivity index (χ0) is 21.4. The molecule has 164 valence electrons. The first-order valence-electron chi connectivity index (χ1n) is 11.5. The molecule has 7 heteroatoms. The van der Waals surface area contributed by atoms with E-state index in [1.165, 1.54) is 32.1 Å². The lowest BCUT2D eigenvalue weighted by Gasteiger charge is -2.35. The molecular weight excluding hydrogens is 392 g/mol. The van der Waals surface area contributed by atoms with E-state index in [0.29, 0.717) is 42.1 Å². The number of rotatable bonds is 7. The normalized spacial score (nSPS) is 34.2. The van der Waals surface area contributed by atoms with Crippen LogP contribution in [0.2, 0.25) is 0 Å². The molecule has 6 rings (SSSR count). The summed E-state index contributed by atoms with van der Waals surface area (Å²) in [5.41, 5.74) is 1.86. The number of carbonyl (C=O) groups excluding carboxylic acids is 2. The van der Waals surface area contributed by atoms with E-state index in [-0.39, 0.29) is 17.2 Å². The Bertz CT molecular complexity index is 1080. The minimum absolute atomic E-state index is 0.0850. The number of ether oxygens (including phenoxy) is 1. The molecule has 4 aliphatic rings. The first-order valence-corrected chi connectivity index (χ1v) is 11.5. The first kappa shape index (κ1) is 19.3. The molecule has 2 aromatic rings. The minimum atomic E-state index is -0.159. The molecule has 5 unspecified atom stereocenters. The number of hydrogen-bond donors (Lipinski definition) is 1. The van der Waals surface area contributed by atoms with Crippen molar-refractivity contribution in [1.82, 2.24) is 14.3 Å².